The Kier molecular flexibility index (Phi) is 4.28. The molecule has 0 aromatic heterocycles. The smallest absolute Gasteiger partial charge is 0.246 e. The van der Waals surface area contributed by atoms with E-state index in [0.29, 0.717) is 32.0 Å². The number of carbonyl (C=O) groups is 1. The number of anilines is 1. The topological polar surface area (TPSA) is 41.6 Å². The van der Waals surface area contributed by atoms with Gasteiger partial charge in [0.05, 0.1) is 13.2 Å². The summed E-state index contributed by atoms with van der Waals surface area (Å²) in [5, 5.41) is 3.12. The Balaban J connectivity index is 2.12. The molecule has 18 heavy (non-hydrogen) atoms. The summed E-state index contributed by atoms with van der Waals surface area (Å²) < 4.78 is 18.2. The maximum atomic E-state index is 12.9. The summed E-state index contributed by atoms with van der Waals surface area (Å²) in [4.78, 5) is 13.9. The van der Waals surface area contributed by atoms with E-state index in [1.54, 1.807) is 17.0 Å². The fourth-order valence-corrected chi connectivity index (χ4v) is 2.00. The first-order valence-electron chi connectivity index (χ1n) is 6.10. The van der Waals surface area contributed by atoms with Crippen LogP contribution in [0.4, 0.5) is 10.1 Å². The normalized spacial score (nSPS) is 19.6. The molecule has 1 N–H and O–H groups in total. The summed E-state index contributed by atoms with van der Waals surface area (Å²) >= 11 is 0. The molecule has 1 fully saturated rings. The molecular formula is C13H17FN2O2. The maximum Gasteiger partial charge on any atom is 0.246 e. The monoisotopic (exact) mass is 252 g/mol. The molecular weight excluding hydrogens is 235 g/mol. The average molecular weight is 252 g/mol. The minimum atomic E-state index is -0.316. The van der Waals surface area contributed by atoms with Gasteiger partial charge in [-0.3, -0.25) is 4.79 Å². The fourth-order valence-electron chi connectivity index (χ4n) is 2.00. The molecule has 1 saturated heterocycles. The number of rotatable bonds is 3. The van der Waals surface area contributed by atoms with Gasteiger partial charge in [0, 0.05) is 18.8 Å². The van der Waals surface area contributed by atoms with Crippen LogP contribution in [0.15, 0.2) is 24.3 Å². The second-order valence-electron chi connectivity index (χ2n) is 4.14. The lowest BCUT2D eigenvalue weighted by Gasteiger charge is -2.29. The number of hydrogen-bond acceptors (Lipinski definition) is 3. The lowest BCUT2D eigenvalue weighted by Crippen LogP contribution is -2.52. The van der Waals surface area contributed by atoms with Crippen molar-refractivity contribution in [3.63, 3.8) is 0 Å². The molecule has 5 heteroatoms. The largest absolute Gasteiger partial charge is 0.378 e. The number of likely N-dealkylation sites (N-methyl/N-ethyl adjacent to an activating group) is 1. The molecule has 2 rings (SSSR count). The van der Waals surface area contributed by atoms with Gasteiger partial charge in [0.25, 0.3) is 0 Å². The van der Waals surface area contributed by atoms with Gasteiger partial charge in [-0.1, -0.05) is 0 Å². The third kappa shape index (κ3) is 2.86. The summed E-state index contributed by atoms with van der Waals surface area (Å²) in [7, 11) is 0. The molecule has 1 aromatic carbocycles. The summed E-state index contributed by atoms with van der Waals surface area (Å²) in [6, 6.07) is 5.62. The van der Waals surface area contributed by atoms with Crippen LogP contribution in [0.25, 0.3) is 0 Å². The van der Waals surface area contributed by atoms with Crippen molar-refractivity contribution < 1.29 is 13.9 Å². The summed E-state index contributed by atoms with van der Waals surface area (Å²) in [6.45, 7) is 4.13. The van der Waals surface area contributed by atoms with Crippen molar-refractivity contribution in [3.05, 3.63) is 30.1 Å². The van der Waals surface area contributed by atoms with Crippen LogP contribution >= 0.6 is 0 Å². The molecule has 1 atom stereocenters. The molecule has 0 bridgehead atoms. The highest BCUT2D eigenvalue weighted by Gasteiger charge is 2.26. The van der Waals surface area contributed by atoms with Crippen molar-refractivity contribution in [1.82, 2.24) is 5.32 Å². The molecule has 1 amide bonds. The molecule has 1 aromatic rings. The zero-order valence-electron chi connectivity index (χ0n) is 10.4. The molecule has 0 radical (unpaired) electrons. The Morgan fingerprint density at radius 3 is 2.78 bits per heavy atom. The van der Waals surface area contributed by atoms with Crippen molar-refractivity contribution in [3.8, 4) is 0 Å². The molecule has 4 nitrogen and oxygen atoms in total. The molecule has 0 saturated carbocycles. The number of ether oxygens (including phenoxy) is 1. The molecule has 1 aliphatic heterocycles. The van der Waals surface area contributed by atoms with Crippen LogP contribution in [0, 0.1) is 5.82 Å². The number of nitrogens with one attached hydrogen (secondary N) is 1. The van der Waals surface area contributed by atoms with Crippen LogP contribution in [0.3, 0.4) is 0 Å². The highest BCUT2D eigenvalue weighted by Crippen LogP contribution is 2.16. The molecule has 1 heterocycles. The Morgan fingerprint density at radius 2 is 2.22 bits per heavy atom. The second-order valence-corrected chi connectivity index (χ2v) is 4.14. The van der Waals surface area contributed by atoms with Gasteiger partial charge in [-0.25, -0.2) is 4.39 Å². The van der Waals surface area contributed by atoms with E-state index in [1.807, 2.05) is 6.92 Å². The van der Waals surface area contributed by atoms with Gasteiger partial charge in [-0.15, -0.1) is 0 Å². The van der Waals surface area contributed by atoms with Gasteiger partial charge in [-0.05, 0) is 31.2 Å². The standard InChI is InChI=1S/C13H17FN2O2/c1-2-16(11-5-3-10(14)4-6-11)13(17)12-9-18-8-7-15-12/h3-6,12,15H,2,7-9H2,1H3. The molecule has 1 unspecified atom stereocenters. The highest BCUT2D eigenvalue weighted by atomic mass is 19.1. The number of hydrogen-bond donors (Lipinski definition) is 1. The summed E-state index contributed by atoms with van der Waals surface area (Å²) in [6.07, 6.45) is 0. The van der Waals surface area contributed by atoms with Gasteiger partial charge in [0.15, 0.2) is 0 Å². The number of halogens is 1. The first-order chi connectivity index (χ1) is 8.72. The first-order valence-corrected chi connectivity index (χ1v) is 6.10. The van der Waals surface area contributed by atoms with E-state index >= 15 is 0 Å². The zero-order chi connectivity index (χ0) is 13.0. The van der Waals surface area contributed by atoms with Crippen molar-refractivity contribution in [2.75, 3.05) is 31.2 Å². The van der Waals surface area contributed by atoms with Crippen LogP contribution in [-0.4, -0.2) is 38.3 Å². The Bertz CT molecular complexity index is 402. The van der Waals surface area contributed by atoms with Crippen molar-refractivity contribution in [1.29, 1.82) is 0 Å². The third-order valence-electron chi connectivity index (χ3n) is 2.94. The number of amides is 1. The van der Waals surface area contributed by atoms with Crippen molar-refractivity contribution in [2.45, 2.75) is 13.0 Å². The van der Waals surface area contributed by atoms with Crippen LogP contribution in [-0.2, 0) is 9.53 Å². The van der Waals surface area contributed by atoms with Crippen LogP contribution < -0.4 is 10.2 Å². The lowest BCUT2D eigenvalue weighted by atomic mass is 10.2. The quantitative estimate of drug-likeness (QED) is 0.878. The van der Waals surface area contributed by atoms with Crippen molar-refractivity contribution in [2.24, 2.45) is 0 Å². The SMILES string of the molecule is CCN(C(=O)C1COCCN1)c1ccc(F)cc1. The van der Waals surface area contributed by atoms with Crippen LogP contribution in [0.2, 0.25) is 0 Å². The highest BCUT2D eigenvalue weighted by molar-refractivity contribution is 5.97. The van der Waals surface area contributed by atoms with E-state index in [2.05, 4.69) is 5.32 Å². The summed E-state index contributed by atoms with van der Waals surface area (Å²) in [5.74, 6) is -0.342. The Morgan fingerprint density at radius 1 is 1.50 bits per heavy atom. The minimum Gasteiger partial charge on any atom is -0.378 e. The van der Waals surface area contributed by atoms with Gasteiger partial charge in [0.2, 0.25) is 5.91 Å². The van der Waals surface area contributed by atoms with Gasteiger partial charge in [0.1, 0.15) is 11.9 Å². The minimum absolute atomic E-state index is 0.0381. The fraction of sp³-hybridized carbons (Fsp3) is 0.462. The van der Waals surface area contributed by atoms with Gasteiger partial charge in [-0.2, -0.15) is 0 Å². The third-order valence-corrected chi connectivity index (χ3v) is 2.94. The van der Waals surface area contributed by atoms with Gasteiger partial charge >= 0.3 is 0 Å². The lowest BCUT2D eigenvalue weighted by molar-refractivity contribution is -0.123. The van der Waals surface area contributed by atoms with E-state index in [9.17, 15) is 9.18 Å². The zero-order valence-corrected chi connectivity index (χ0v) is 10.4. The predicted molar refractivity (Wildman–Crippen MR) is 67.0 cm³/mol. The molecule has 0 spiro atoms. The number of morpholine rings is 1. The van der Waals surface area contributed by atoms with E-state index < -0.39 is 0 Å². The number of benzene rings is 1. The Hall–Kier alpha value is -1.46. The first kappa shape index (κ1) is 13.0. The summed E-state index contributed by atoms with van der Waals surface area (Å²) in [5.41, 5.74) is 0.705. The molecule has 0 aliphatic carbocycles. The van der Waals surface area contributed by atoms with E-state index in [1.165, 1.54) is 12.1 Å². The molecule has 1 aliphatic rings. The average Bonchev–Trinajstić information content (AvgIpc) is 2.42. The Labute approximate surface area is 106 Å². The number of nitrogens with zero attached hydrogens (tertiary/aromatic N) is 1. The van der Waals surface area contributed by atoms with E-state index in [0.717, 1.165) is 0 Å². The van der Waals surface area contributed by atoms with Crippen molar-refractivity contribution >= 4 is 11.6 Å². The van der Waals surface area contributed by atoms with E-state index in [4.69, 9.17) is 4.74 Å². The molecule has 98 valence electrons. The van der Waals surface area contributed by atoms with Crippen LogP contribution in [0.1, 0.15) is 6.92 Å². The van der Waals surface area contributed by atoms with Crippen LogP contribution in [0.5, 0.6) is 0 Å². The second kappa shape index (κ2) is 5.93. The maximum absolute atomic E-state index is 12.9. The van der Waals surface area contributed by atoms with E-state index in [-0.39, 0.29) is 17.8 Å². The van der Waals surface area contributed by atoms with Gasteiger partial charge < -0.3 is 15.0 Å². The predicted octanol–water partition coefficient (Wildman–Crippen LogP) is 1.17. The number of carbonyl (C=O) groups excluding carboxylic acids is 1.